The maximum atomic E-state index is 12.2. The molecule has 0 amide bonds. The molecule has 0 aliphatic carbocycles. The molecule has 8 heteroatoms. The summed E-state index contributed by atoms with van der Waals surface area (Å²) < 4.78 is 27.4. The zero-order valence-electron chi connectivity index (χ0n) is 9.93. The summed E-state index contributed by atoms with van der Waals surface area (Å²) in [6.07, 6.45) is 3.06. The Morgan fingerprint density at radius 3 is 2.84 bits per heavy atom. The van der Waals surface area contributed by atoms with E-state index in [0.717, 1.165) is 5.56 Å². The first-order valence-electron chi connectivity index (χ1n) is 5.48. The Labute approximate surface area is 119 Å². The van der Waals surface area contributed by atoms with Crippen LogP contribution in [0.3, 0.4) is 0 Å². The molecule has 0 bridgehead atoms. The van der Waals surface area contributed by atoms with Gasteiger partial charge in [-0.3, -0.25) is 0 Å². The third-order valence-corrected chi connectivity index (χ3v) is 4.92. The Morgan fingerprint density at radius 1 is 1.42 bits per heavy atom. The van der Waals surface area contributed by atoms with Gasteiger partial charge in [0.2, 0.25) is 10.0 Å². The van der Waals surface area contributed by atoms with Gasteiger partial charge in [-0.1, -0.05) is 6.07 Å². The zero-order chi connectivity index (χ0) is 13.9. The summed E-state index contributed by atoms with van der Waals surface area (Å²) in [6, 6.07) is 5.00. The van der Waals surface area contributed by atoms with Gasteiger partial charge in [-0.15, -0.1) is 0 Å². The van der Waals surface area contributed by atoms with Gasteiger partial charge < -0.3 is 10.7 Å². The van der Waals surface area contributed by atoms with Gasteiger partial charge in [0.15, 0.2) is 0 Å². The largest absolute Gasteiger partial charge is 0.347 e. The van der Waals surface area contributed by atoms with Gasteiger partial charge in [-0.25, -0.2) is 18.1 Å². The second-order valence-corrected chi connectivity index (χ2v) is 6.46. The maximum absolute atomic E-state index is 12.2. The summed E-state index contributed by atoms with van der Waals surface area (Å²) in [5.41, 5.74) is 6.96. The van der Waals surface area contributed by atoms with E-state index in [1.165, 1.54) is 6.33 Å². The number of hydrogen-bond donors (Lipinski definition) is 3. The molecule has 0 spiro atoms. The number of H-pyrrole nitrogens is 1. The number of nitrogens with one attached hydrogen (secondary N) is 2. The van der Waals surface area contributed by atoms with Gasteiger partial charge >= 0.3 is 0 Å². The maximum Gasteiger partial charge on any atom is 0.242 e. The van der Waals surface area contributed by atoms with Crippen LogP contribution in [-0.4, -0.2) is 18.4 Å². The average molecular weight is 345 g/mol. The molecule has 2 rings (SSSR count). The molecule has 0 aliphatic rings. The molecule has 1 heterocycles. The first-order valence-corrected chi connectivity index (χ1v) is 7.76. The molecular weight excluding hydrogens is 332 g/mol. The minimum atomic E-state index is -3.60. The van der Waals surface area contributed by atoms with E-state index in [-0.39, 0.29) is 18.0 Å². The number of imidazole rings is 1. The second-order valence-electron chi connectivity index (χ2n) is 3.87. The van der Waals surface area contributed by atoms with Crippen LogP contribution in [0.1, 0.15) is 11.3 Å². The van der Waals surface area contributed by atoms with E-state index in [2.05, 4.69) is 30.6 Å². The van der Waals surface area contributed by atoms with Crippen LogP contribution >= 0.6 is 15.9 Å². The number of benzene rings is 1. The first kappa shape index (κ1) is 14.2. The zero-order valence-corrected chi connectivity index (χ0v) is 12.3. The molecule has 1 aromatic heterocycles. The molecule has 4 N–H and O–H groups in total. The van der Waals surface area contributed by atoms with E-state index in [1.54, 1.807) is 24.4 Å². The van der Waals surface area contributed by atoms with Gasteiger partial charge in [-0.05, 0) is 33.6 Å². The average Bonchev–Trinajstić information content (AvgIpc) is 2.90. The topological polar surface area (TPSA) is 101 Å². The van der Waals surface area contributed by atoms with Crippen LogP contribution in [0.4, 0.5) is 0 Å². The molecule has 0 atom stereocenters. The van der Waals surface area contributed by atoms with E-state index in [1.807, 2.05) is 0 Å². The number of sulfonamides is 1. The van der Waals surface area contributed by atoms with E-state index in [0.29, 0.717) is 10.2 Å². The number of hydrogen-bond acceptors (Lipinski definition) is 4. The predicted molar refractivity (Wildman–Crippen MR) is 74.6 cm³/mol. The highest BCUT2D eigenvalue weighted by Gasteiger charge is 2.18. The number of nitrogens with zero attached hydrogens (tertiary/aromatic N) is 1. The predicted octanol–water partition coefficient (Wildman–Crippen LogP) is 1.11. The third kappa shape index (κ3) is 3.41. The molecular formula is C11H13BrN4O2S. The lowest BCUT2D eigenvalue weighted by atomic mass is 10.2. The van der Waals surface area contributed by atoms with Crippen LogP contribution in [0.5, 0.6) is 0 Å². The van der Waals surface area contributed by atoms with Crippen molar-refractivity contribution in [1.82, 2.24) is 14.7 Å². The number of aromatic nitrogens is 2. The molecule has 6 nitrogen and oxygen atoms in total. The molecule has 0 aliphatic heterocycles. The summed E-state index contributed by atoms with van der Waals surface area (Å²) in [7, 11) is -3.60. The highest BCUT2D eigenvalue weighted by atomic mass is 79.9. The molecule has 19 heavy (non-hydrogen) atoms. The highest BCUT2D eigenvalue weighted by Crippen LogP contribution is 2.23. The van der Waals surface area contributed by atoms with Crippen LogP contribution in [0.15, 0.2) is 40.1 Å². The van der Waals surface area contributed by atoms with Gasteiger partial charge in [0, 0.05) is 22.9 Å². The van der Waals surface area contributed by atoms with Crippen molar-refractivity contribution in [3.05, 3.63) is 46.5 Å². The van der Waals surface area contributed by atoms with Crippen LogP contribution in [0, 0.1) is 0 Å². The van der Waals surface area contributed by atoms with Crippen molar-refractivity contribution in [2.24, 2.45) is 5.73 Å². The molecule has 0 saturated carbocycles. The SMILES string of the molecule is NCc1ccc(Br)c(S(=O)(=O)NCc2cnc[nH]2)c1. The molecule has 2 aromatic rings. The lowest BCUT2D eigenvalue weighted by Crippen LogP contribution is -2.24. The van der Waals surface area contributed by atoms with Crippen molar-refractivity contribution in [1.29, 1.82) is 0 Å². The van der Waals surface area contributed by atoms with E-state index >= 15 is 0 Å². The van der Waals surface area contributed by atoms with E-state index < -0.39 is 10.0 Å². The molecule has 0 radical (unpaired) electrons. The van der Waals surface area contributed by atoms with Gasteiger partial charge in [-0.2, -0.15) is 0 Å². The van der Waals surface area contributed by atoms with Crippen LogP contribution in [0.25, 0.3) is 0 Å². The number of rotatable bonds is 5. The van der Waals surface area contributed by atoms with Crippen molar-refractivity contribution in [2.75, 3.05) is 0 Å². The molecule has 1 aromatic carbocycles. The Bertz CT molecular complexity index is 655. The normalized spacial score (nSPS) is 11.7. The Hall–Kier alpha value is -1.22. The Balaban J connectivity index is 2.23. The number of nitrogens with two attached hydrogens (primary N) is 1. The summed E-state index contributed by atoms with van der Waals surface area (Å²) in [5.74, 6) is 0. The smallest absolute Gasteiger partial charge is 0.242 e. The van der Waals surface area contributed by atoms with E-state index in [9.17, 15) is 8.42 Å². The lowest BCUT2D eigenvalue weighted by Gasteiger charge is -2.09. The Morgan fingerprint density at radius 2 is 2.21 bits per heavy atom. The molecule has 0 fully saturated rings. The monoisotopic (exact) mass is 344 g/mol. The second kappa shape index (κ2) is 5.83. The minimum absolute atomic E-state index is 0.154. The van der Waals surface area contributed by atoms with Crippen LogP contribution in [-0.2, 0) is 23.1 Å². The van der Waals surface area contributed by atoms with Crippen molar-refractivity contribution < 1.29 is 8.42 Å². The number of aromatic amines is 1. The fourth-order valence-corrected chi connectivity index (χ4v) is 3.53. The fraction of sp³-hybridized carbons (Fsp3) is 0.182. The van der Waals surface area contributed by atoms with Gasteiger partial charge in [0.05, 0.1) is 17.8 Å². The standard InChI is InChI=1S/C11H13BrN4O2S/c12-10-2-1-8(4-13)3-11(10)19(17,18)16-6-9-5-14-7-15-9/h1-3,5,7,16H,4,6,13H2,(H,14,15). The third-order valence-electron chi connectivity index (χ3n) is 2.53. The summed E-state index contributed by atoms with van der Waals surface area (Å²) in [4.78, 5) is 6.83. The van der Waals surface area contributed by atoms with Crippen molar-refractivity contribution in [3.8, 4) is 0 Å². The quantitative estimate of drug-likeness (QED) is 0.756. The molecule has 0 unspecified atom stereocenters. The fourth-order valence-electron chi connectivity index (χ4n) is 1.51. The van der Waals surface area contributed by atoms with Crippen molar-refractivity contribution in [3.63, 3.8) is 0 Å². The lowest BCUT2D eigenvalue weighted by molar-refractivity contribution is 0.580. The van der Waals surface area contributed by atoms with E-state index in [4.69, 9.17) is 5.73 Å². The van der Waals surface area contributed by atoms with Crippen molar-refractivity contribution >= 4 is 26.0 Å². The summed E-state index contributed by atoms with van der Waals surface area (Å²) in [5, 5.41) is 0. The highest BCUT2D eigenvalue weighted by molar-refractivity contribution is 9.10. The Kier molecular flexibility index (Phi) is 4.35. The van der Waals surface area contributed by atoms with Crippen LogP contribution < -0.4 is 10.5 Å². The number of halogens is 1. The van der Waals surface area contributed by atoms with Gasteiger partial charge in [0.25, 0.3) is 0 Å². The summed E-state index contributed by atoms with van der Waals surface area (Å²) >= 11 is 3.23. The molecule has 0 saturated heterocycles. The van der Waals surface area contributed by atoms with Crippen LogP contribution in [0.2, 0.25) is 0 Å². The first-order chi connectivity index (χ1) is 9.03. The molecule has 102 valence electrons. The van der Waals surface area contributed by atoms with Gasteiger partial charge in [0.1, 0.15) is 0 Å². The summed E-state index contributed by atoms with van der Waals surface area (Å²) in [6.45, 7) is 0.442. The van der Waals surface area contributed by atoms with Crippen molar-refractivity contribution in [2.45, 2.75) is 18.0 Å². The minimum Gasteiger partial charge on any atom is -0.347 e.